The van der Waals surface area contributed by atoms with E-state index in [2.05, 4.69) is 43.8 Å². The Morgan fingerprint density at radius 3 is 2.37 bits per heavy atom. The summed E-state index contributed by atoms with van der Waals surface area (Å²) in [6.45, 7) is 7.10. The second-order valence-electron chi connectivity index (χ2n) is 5.52. The van der Waals surface area contributed by atoms with E-state index in [4.69, 9.17) is 4.74 Å². The summed E-state index contributed by atoms with van der Waals surface area (Å²) < 4.78 is 5.60. The number of hydrazine groups is 1. The molecule has 0 aliphatic carbocycles. The zero-order valence-electron chi connectivity index (χ0n) is 12.2. The topological polar surface area (TPSA) is 50.4 Å². The number of hydrogen-bond donors (Lipinski definition) is 2. The van der Waals surface area contributed by atoms with E-state index < -0.39 is 0 Å². The van der Waals surface area contributed by atoms with Crippen LogP contribution in [0.1, 0.15) is 39.2 Å². The van der Waals surface area contributed by atoms with E-state index in [1.165, 1.54) is 5.56 Å². The van der Waals surface area contributed by atoms with Gasteiger partial charge in [0.1, 0.15) is 5.75 Å². The molecular weight excluding hydrogens is 240 g/mol. The number of carbonyl (C=O) groups excluding carboxylic acids is 1. The molecule has 0 aromatic heterocycles. The molecule has 0 heterocycles. The Labute approximate surface area is 115 Å². The predicted molar refractivity (Wildman–Crippen MR) is 77.1 cm³/mol. The molecule has 1 aromatic rings. The third-order valence-electron chi connectivity index (χ3n) is 2.80. The monoisotopic (exact) mass is 264 g/mol. The minimum absolute atomic E-state index is 0.0193. The number of amides is 1. The normalized spacial score (nSPS) is 11.2. The van der Waals surface area contributed by atoms with E-state index in [1.807, 2.05) is 12.1 Å². The largest absolute Gasteiger partial charge is 0.494 e. The van der Waals surface area contributed by atoms with Crippen LogP contribution in [-0.2, 0) is 10.2 Å². The van der Waals surface area contributed by atoms with Crippen LogP contribution in [0.4, 0.5) is 0 Å². The van der Waals surface area contributed by atoms with Gasteiger partial charge in [0.25, 0.3) is 0 Å². The van der Waals surface area contributed by atoms with E-state index >= 15 is 0 Å². The molecule has 1 rings (SSSR count). The van der Waals surface area contributed by atoms with Crippen LogP contribution in [0.5, 0.6) is 5.75 Å². The number of hydrogen-bond acceptors (Lipinski definition) is 3. The molecule has 0 saturated carbocycles. The molecule has 0 aliphatic rings. The number of ether oxygens (including phenoxy) is 1. The van der Waals surface area contributed by atoms with Crippen LogP contribution in [0, 0.1) is 0 Å². The highest BCUT2D eigenvalue weighted by molar-refractivity contribution is 5.75. The van der Waals surface area contributed by atoms with Crippen molar-refractivity contribution in [1.29, 1.82) is 0 Å². The summed E-state index contributed by atoms with van der Waals surface area (Å²) in [6.07, 6.45) is 1.16. The second kappa shape index (κ2) is 7.14. The lowest BCUT2D eigenvalue weighted by molar-refractivity contribution is -0.122. The van der Waals surface area contributed by atoms with Crippen molar-refractivity contribution in [3.63, 3.8) is 0 Å². The van der Waals surface area contributed by atoms with E-state index in [-0.39, 0.29) is 11.3 Å². The average Bonchev–Trinajstić information content (AvgIpc) is 2.34. The summed E-state index contributed by atoms with van der Waals surface area (Å²) in [5, 5.41) is 0. The maximum absolute atomic E-state index is 11.2. The maximum Gasteiger partial charge on any atom is 0.234 e. The van der Waals surface area contributed by atoms with Gasteiger partial charge in [-0.1, -0.05) is 32.9 Å². The summed E-state index contributed by atoms with van der Waals surface area (Å²) in [6, 6.07) is 8.13. The van der Waals surface area contributed by atoms with Gasteiger partial charge in [0.2, 0.25) is 5.91 Å². The number of rotatable bonds is 6. The van der Waals surface area contributed by atoms with Crippen molar-refractivity contribution in [2.75, 3.05) is 13.7 Å². The van der Waals surface area contributed by atoms with Crippen LogP contribution in [0.25, 0.3) is 0 Å². The summed E-state index contributed by atoms with van der Waals surface area (Å²) in [5.74, 6) is 0.830. The zero-order chi connectivity index (χ0) is 14.3. The summed E-state index contributed by atoms with van der Waals surface area (Å²) in [7, 11) is 1.67. The van der Waals surface area contributed by atoms with Gasteiger partial charge in [-0.3, -0.25) is 10.2 Å². The molecule has 1 aromatic carbocycles. The lowest BCUT2D eigenvalue weighted by Crippen LogP contribution is -2.34. The Balaban J connectivity index is 2.33. The SMILES string of the molecule is CNNC(=O)CCCOc1ccc(C(C)(C)C)cc1. The molecule has 106 valence electrons. The number of benzene rings is 1. The highest BCUT2D eigenvalue weighted by Gasteiger charge is 2.12. The van der Waals surface area contributed by atoms with Crippen molar-refractivity contribution in [2.45, 2.75) is 39.0 Å². The van der Waals surface area contributed by atoms with Crippen molar-refractivity contribution in [3.8, 4) is 5.75 Å². The zero-order valence-corrected chi connectivity index (χ0v) is 12.2. The van der Waals surface area contributed by atoms with Gasteiger partial charge in [-0.2, -0.15) is 0 Å². The Morgan fingerprint density at radius 1 is 1.21 bits per heavy atom. The van der Waals surface area contributed by atoms with Gasteiger partial charge in [-0.05, 0) is 29.5 Å². The van der Waals surface area contributed by atoms with Crippen LogP contribution < -0.4 is 15.6 Å². The van der Waals surface area contributed by atoms with Crippen LogP contribution in [0.3, 0.4) is 0 Å². The van der Waals surface area contributed by atoms with Gasteiger partial charge in [0.15, 0.2) is 0 Å². The fraction of sp³-hybridized carbons (Fsp3) is 0.533. The van der Waals surface area contributed by atoms with Crippen molar-refractivity contribution in [2.24, 2.45) is 0 Å². The molecule has 0 spiro atoms. The summed E-state index contributed by atoms with van der Waals surface area (Å²) in [5.41, 5.74) is 6.57. The highest BCUT2D eigenvalue weighted by Crippen LogP contribution is 2.24. The molecule has 0 atom stereocenters. The van der Waals surface area contributed by atoms with Crippen LogP contribution in [-0.4, -0.2) is 19.6 Å². The molecule has 19 heavy (non-hydrogen) atoms. The fourth-order valence-electron chi connectivity index (χ4n) is 1.68. The van der Waals surface area contributed by atoms with Gasteiger partial charge in [0, 0.05) is 13.5 Å². The van der Waals surface area contributed by atoms with Gasteiger partial charge < -0.3 is 4.74 Å². The van der Waals surface area contributed by atoms with Gasteiger partial charge >= 0.3 is 0 Å². The number of nitrogens with one attached hydrogen (secondary N) is 2. The van der Waals surface area contributed by atoms with Crippen molar-refractivity contribution in [1.82, 2.24) is 10.9 Å². The molecule has 0 radical (unpaired) electrons. The van der Waals surface area contributed by atoms with Gasteiger partial charge in [0.05, 0.1) is 6.61 Å². The van der Waals surface area contributed by atoms with Crippen LogP contribution >= 0.6 is 0 Å². The Hall–Kier alpha value is -1.55. The second-order valence-corrected chi connectivity index (χ2v) is 5.52. The molecule has 0 aliphatic heterocycles. The standard InChI is InChI=1S/C15H24N2O2/c1-15(2,3)12-7-9-13(10-8-12)19-11-5-6-14(18)17-16-4/h7-10,16H,5-6,11H2,1-4H3,(H,17,18). The first-order valence-corrected chi connectivity index (χ1v) is 6.62. The van der Waals surface area contributed by atoms with E-state index in [9.17, 15) is 4.79 Å². The Morgan fingerprint density at radius 2 is 1.84 bits per heavy atom. The molecule has 4 heteroatoms. The average molecular weight is 264 g/mol. The molecule has 0 bridgehead atoms. The molecule has 0 fully saturated rings. The highest BCUT2D eigenvalue weighted by atomic mass is 16.5. The third kappa shape index (κ3) is 5.75. The quantitative estimate of drug-likeness (QED) is 0.613. The third-order valence-corrected chi connectivity index (χ3v) is 2.80. The van der Waals surface area contributed by atoms with Crippen LogP contribution in [0.15, 0.2) is 24.3 Å². The molecule has 1 amide bonds. The lowest BCUT2D eigenvalue weighted by Gasteiger charge is -2.19. The fourth-order valence-corrected chi connectivity index (χ4v) is 1.68. The van der Waals surface area contributed by atoms with Gasteiger partial charge in [-0.25, -0.2) is 5.43 Å². The van der Waals surface area contributed by atoms with Crippen molar-refractivity contribution < 1.29 is 9.53 Å². The van der Waals surface area contributed by atoms with Crippen molar-refractivity contribution >= 4 is 5.91 Å². The molecule has 0 unspecified atom stereocenters. The first kappa shape index (κ1) is 15.5. The van der Waals surface area contributed by atoms with E-state index in [0.29, 0.717) is 19.4 Å². The number of carbonyl (C=O) groups is 1. The first-order valence-electron chi connectivity index (χ1n) is 6.62. The Kier molecular flexibility index (Phi) is 5.83. The smallest absolute Gasteiger partial charge is 0.234 e. The molecule has 4 nitrogen and oxygen atoms in total. The minimum Gasteiger partial charge on any atom is -0.494 e. The van der Waals surface area contributed by atoms with Crippen molar-refractivity contribution in [3.05, 3.63) is 29.8 Å². The molecular formula is C15H24N2O2. The maximum atomic E-state index is 11.2. The molecule has 0 saturated heterocycles. The lowest BCUT2D eigenvalue weighted by atomic mass is 9.87. The van der Waals surface area contributed by atoms with Gasteiger partial charge in [-0.15, -0.1) is 0 Å². The first-order chi connectivity index (χ1) is 8.93. The van der Waals surface area contributed by atoms with Crippen LogP contribution in [0.2, 0.25) is 0 Å². The predicted octanol–water partition coefficient (Wildman–Crippen LogP) is 2.39. The minimum atomic E-state index is -0.0193. The summed E-state index contributed by atoms with van der Waals surface area (Å²) >= 11 is 0. The van der Waals surface area contributed by atoms with E-state index in [1.54, 1.807) is 7.05 Å². The summed E-state index contributed by atoms with van der Waals surface area (Å²) in [4.78, 5) is 11.2. The Bertz CT molecular complexity index is 394. The molecule has 2 N–H and O–H groups in total. The van der Waals surface area contributed by atoms with E-state index in [0.717, 1.165) is 5.75 Å².